The number of aryl methyl sites for hydroxylation is 1. The Morgan fingerprint density at radius 1 is 1.18 bits per heavy atom. The maximum absolute atomic E-state index is 11.3. The van der Waals surface area contributed by atoms with Gasteiger partial charge in [-0.2, -0.15) is 0 Å². The van der Waals surface area contributed by atoms with Gasteiger partial charge in [0, 0.05) is 0 Å². The summed E-state index contributed by atoms with van der Waals surface area (Å²) in [5.41, 5.74) is 3.99. The third-order valence-electron chi connectivity index (χ3n) is 2.79. The third kappa shape index (κ3) is 2.59. The van der Waals surface area contributed by atoms with E-state index in [1.54, 1.807) is 18.2 Å². The summed E-state index contributed by atoms with van der Waals surface area (Å²) in [6.07, 6.45) is 5.85. The number of benzene rings is 1. The normalized spacial score (nSPS) is 17.4. The second kappa shape index (κ2) is 4.91. The fourth-order valence-corrected chi connectivity index (χ4v) is 1.77. The SMILES string of the molecule is CCC1=CC(=O)C=C/C1=N/c1ccccc1C. The smallest absolute Gasteiger partial charge is 0.179 e. The highest BCUT2D eigenvalue weighted by Gasteiger charge is 2.10. The maximum atomic E-state index is 11.3. The molecule has 0 atom stereocenters. The zero-order valence-electron chi connectivity index (χ0n) is 10.1. The van der Waals surface area contributed by atoms with E-state index < -0.39 is 0 Å². The van der Waals surface area contributed by atoms with Gasteiger partial charge in [-0.3, -0.25) is 4.79 Å². The average Bonchev–Trinajstić information content (AvgIpc) is 2.34. The molecule has 0 N–H and O–H groups in total. The van der Waals surface area contributed by atoms with Crippen molar-refractivity contribution in [2.24, 2.45) is 4.99 Å². The van der Waals surface area contributed by atoms with Crippen LogP contribution in [0, 0.1) is 6.92 Å². The topological polar surface area (TPSA) is 29.4 Å². The molecule has 86 valence electrons. The van der Waals surface area contributed by atoms with Crippen LogP contribution >= 0.6 is 0 Å². The number of nitrogens with zero attached hydrogens (tertiary/aromatic N) is 1. The highest BCUT2D eigenvalue weighted by Crippen LogP contribution is 2.21. The number of para-hydroxylation sites is 1. The van der Waals surface area contributed by atoms with Gasteiger partial charge in [0.2, 0.25) is 0 Å². The van der Waals surface area contributed by atoms with E-state index in [4.69, 9.17) is 0 Å². The number of rotatable bonds is 2. The van der Waals surface area contributed by atoms with Gasteiger partial charge in [0.05, 0.1) is 11.4 Å². The minimum absolute atomic E-state index is 0.0468. The molecule has 0 amide bonds. The number of allylic oxidation sites excluding steroid dienone is 4. The number of aliphatic imine (C=N–C) groups is 1. The average molecular weight is 225 g/mol. The predicted molar refractivity (Wildman–Crippen MR) is 70.8 cm³/mol. The van der Waals surface area contributed by atoms with E-state index in [0.717, 1.165) is 29.0 Å². The van der Waals surface area contributed by atoms with Crippen molar-refractivity contribution < 1.29 is 4.79 Å². The number of carbonyl (C=O) groups is 1. The molecule has 0 fully saturated rings. The van der Waals surface area contributed by atoms with Crippen molar-refractivity contribution in [2.45, 2.75) is 20.3 Å². The molecule has 0 radical (unpaired) electrons. The predicted octanol–water partition coefficient (Wildman–Crippen LogP) is 3.54. The zero-order valence-corrected chi connectivity index (χ0v) is 10.1. The van der Waals surface area contributed by atoms with Crippen molar-refractivity contribution in [1.82, 2.24) is 0 Å². The van der Waals surface area contributed by atoms with Crippen LogP contribution in [-0.4, -0.2) is 11.5 Å². The molecule has 0 aromatic heterocycles. The van der Waals surface area contributed by atoms with Crippen LogP contribution in [0.4, 0.5) is 5.69 Å². The minimum Gasteiger partial charge on any atom is -0.290 e. The fraction of sp³-hybridized carbons (Fsp3) is 0.200. The molecular weight excluding hydrogens is 210 g/mol. The van der Waals surface area contributed by atoms with Crippen LogP contribution in [0.2, 0.25) is 0 Å². The van der Waals surface area contributed by atoms with Crippen molar-refractivity contribution in [3.63, 3.8) is 0 Å². The molecule has 0 spiro atoms. The quantitative estimate of drug-likeness (QED) is 0.708. The van der Waals surface area contributed by atoms with E-state index in [0.29, 0.717) is 0 Å². The first-order valence-electron chi connectivity index (χ1n) is 5.78. The van der Waals surface area contributed by atoms with Gasteiger partial charge in [0.1, 0.15) is 0 Å². The lowest BCUT2D eigenvalue weighted by atomic mass is 10.0. The van der Waals surface area contributed by atoms with Crippen molar-refractivity contribution >= 4 is 17.2 Å². The van der Waals surface area contributed by atoms with Crippen LogP contribution in [-0.2, 0) is 4.79 Å². The fourth-order valence-electron chi connectivity index (χ4n) is 1.77. The summed E-state index contributed by atoms with van der Waals surface area (Å²) in [7, 11) is 0. The molecule has 2 rings (SSSR count). The van der Waals surface area contributed by atoms with Crippen LogP contribution in [0.1, 0.15) is 18.9 Å². The van der Waals surface area contributed by atoms with Crippen molar-refractivity contribution in [2.75, 3.05) is 0 Å². The second-order valence-corrected chi connectivity index (χ2v) is 4.04. The van der Waals surface area contributed by atoms with Crippen LogP contribution < -0.4 is 0 Å². The van der Waals surface area contributed by atoms with E-state index >= 15 is 0 Å². The molecule has 0 aliphatic heterocycles. The molecule has 2 heteroatoms. The Balaban J connectivity index is 2.41. The van der Waals surface area contributed by atoms with Gasteiger partial charge < -0.3 is 0 Å². The molecule has 0 heterocycles. The minimum atomic E-state index is 0.0468. The number of carbonyl (C=O) groups excluding carboxylic acids is 1. The van der Waals surface area contributed by atoms with Gasteiger partial charge in [0.25, 0.3) is 0 Å². The Morgan fingerprint density at radius 3 is 2.65 bits per heavy atom. The molecule has 0 unspecified atom stereocenters. The third-order valence-corrected chi connectivity index (χ3v) is 2.79. The molecule has 1 aliphatic rings. The summed E-state index contributed by atoms with van der Waals surface area (Å²) in [4.78, 5) is 15.9. The Bertz CT molecular complexity index is 536. The standard InChI is InChI=1S/C15H15NO/c1-3-12-10-13(17)8-9-15(12)16-14-7-5-4-6-11(14)2/h4-10H,3H2,1-2H3/b16-15-. The highest BCUT2D eigenvalue weighted by atomic mass is 16.1. The zero-order chi connectivity index (χ0) is 12.3. The molecular formula is C15H15NO. The first-order valence-corrected chi connectivity index (χ1v) is 5.78. The first-order chi connectivity index (χ1) is 8.20. The van der Waals surface area contributed by atoms with E-state index in [1.165, 1.54) is 0 Å². The number of hydrogen-bond acceptors (Lipinski definition) is 2. The van der Waals surface area contributed by atoms with E-state index in [2.05, 4.69) is 4.99 Å². The van der Waals surface area contributed by atoms with Crippen molar-refractivity contribution in [1.29, 1.82) is 0 Å². The number of hydrogen-bond donors (Lipinski definition) is 0. The van der Waals surface area contributed by atoms with E-state index in [1.807, 2.05) is 38.1 Å². The van der Waals surface area contributed by atoms with Gasteiger partial charge in [-0.15, -0.1) is 0 Å². The molecule has 0 saturated carbocycles. The highest BCUT2D eigenvalue weighted by molar-refractivity contribution is 6.20. The van der Waals surface area contributed by atoms with E-state index in [9.17, 15) is 4.79 Å². The van der Waals surface area contributed by atoms with Crippen molar-refractivity contribution in [3.8, 4) is 0 Å². The molecule has 0 bridgehead atoms. The van der Waals surface area contributed by atoms with Crippen LogP contribution in [0.3, 0.4) is 0 Å². The Kier molecular flexibility index (Phi) is 3.33. The summed E-state index contributed by atoms with van der Waals surface area (Å²) in [5.74, 6) is 0.0468. The lowest BCUT2D eigenvalue weighted by Crippen LogP contribution is -2.07. The maximum Gasteiger partial charge on any atom is 0.179 e. The summed E-state index contributed by atoms with van der Waals surface area (Å²) < 4.78 is 0. The van der Waals surface area contributed by atoms with Crippen LogP contribution in [0.25, 0.3) is 0 Å². The number of ketones is 1. The van der Waals surface area contributed by atoms with Crippen molar-refractivity contribution in [3.05, 3.63) is 53.6 Å². The largest absolute Gasteiger partial charge is 0.290 e. The van der Waals surface area contributed by atoms with Gasteiger partial charge >= 0.3 is 0 Å². The monoisotopic (exact) mass is 225 g/mol. The van der Waals surface area contributed by atoms with Crippen LogP contribution in [0.5, 0.6) is 0 Å². The van der Waals surface area contributed by atoms with Gasteiger partial charge in [0.15, 0.2) is 5.78 Å². The molecule has 1 aromatic carbocycles. The Hall–Kier alpha value is -1.96. The summed E-state index contributed by atoms with van der Waals surface area (Å²) in [5, 5.41) is 0. The Morgan fingerprint density at radius 2 is 1.94 bits per heavy atom. The summed E-state index contributed by atoms with van der Waals surface area (Å²) in [6.45, 7) is 4.07. The van der Waals surface area contributed by atoms with Gasteiger partial charge in [-0.1, -0.05) is 25.1 Å². The molecule has 17 heavy (non-hydrogen) atoms. The molecule has 1 aliphatic carbocycles. The second-order valence-electron chi connectivity index (χ2n) is 4.04. The molecule has 2 nitrogen and oxygen atoms in total. The summed E-state index contributed by atoms with van der Waals surface area (Å²) >= 11 is 0. The summed E-state index contributed by atoms with van der Waals surface area (Å²) in [6, 6.07) is 7.99. The lowest BCUT2D eigenvalue weighted by Gasteiger charge is -2.09. The van der Waals surface area contributed by atoms with E-state index in [-0.39, 0.29) is 5.78 Å². The molecule has 0 saturated heterocycles. The van der Waals surface area contributed by atoms with Crippen LogP contribution in [0.15, 0.2) is 53.1 Å². The molecule has 1 aromatic rings. The first kappa shape index (κ1) is 11.5. The lowest BCUT2D eigenvalue weighted by molar-refractivity contribution is -0.110. The Labute approximate surface area is 101 Å². The van der Waals surface area contributed by atoms with Gasteiger partial charge in [-0.25, -0.2) is 4.99 Å². The van der Waals surface area contributed by atoms with Gasteiger partial charge in [-0.05, 0) is 48.8 Å².